The van der Waals surface area contributed by atoms with Gasteiger partial charge in [-0.1, -0.05) is 0 Å². The first kappa shape index (κ1) is 15.0. The average molecular weight is 323 g/mol. The minimum absolute atomic E-state index is 0.0537. The fraction of sp³-hybridized carbons (Fsp3) is 0.368. The van der Waals surface area contributed by atoms with E-state index in [1.807, 2.05) is 53.2 Å². The Morgan fingerprint density at radius 1 is 1.21 bits per heavy atom. The molecule has 1 aromatic carbocycles. The lowest BCUT2D eigenvalue weighted by Gasteiger charge is -2.23. The Morgan fingerprint density at radius 2 is 2.04 bits per heavy atom. The van der Waals surface area contributed by atoms with Crippen LogP contribution in [0, 0.1) is 0 Å². The molecule has 1 atom stereocenters. The number of furan rings is 1. The number of hydrogen-bond acceptors (Lipinski definition) is 4. The summed E-state index contributed by atoms with van der Waals surface area (Å²) in [4.78, 5) is 14.8. The Kier molecular flexibility index (Phi) is 3.84. The first-order valence-electron chi connectivity index (χ1n) is 8.48. The van der Waals surface area contributed by atoms with Crippen molar-refractivity contribution in [2.24, 2.45) is 5.10 Å². The fourth-order valence-electron chi connectivity index (χ4n) is 3.49. The molecule has 4 rings (SSSR count). The quantitative estimate of drug-likeness (QED) is 0.862. The maximum Gasteiger partial charge on any atom is 0.254 e. The van der Waals surface area contributed by atoms with Crippen molar-refractivity contribution in [3.8, 4) is 0 Å². The van der Waals surface area contributed by atoms with Gasteiger partial charge < -0.3 is 9.32 Å². The highest BCUT2D eigenvalue weighted by Gasteiger charge is 2.32. The molecule has 1 saturated heterocycles. The predicted molar refractivity (Wildman–Crippen MR) is 93.2 cm³/mol. The summed E-state index contributed by atoms with van der Waals surface area (Å²) >= 11 is 0. The van der Waals surface area contributed by atoms with Gasteiger partial charge in [0.25, 0.3) is 5.91 Å². The topological polar surface area (TPSA) is 49.1 Å². The van der Waals surface area contributed by atoms with Crippen molar-refractivity contribution >= 4 is 17.3 Å². The van der Waals surface area contributed by atoms with E-state index < -0.39 is 0 Å². The zero-order valence-corrected chi connectivity index (χ0v) is 13.8. The van der Waals surface area contributed by atoms with Crippen molar-refractivity contribution in [2.45, 2.75) is 32.2 Å². The summed E-state index contributed by atoms with van der Waals surface area (Å²) in [7, 11) is 0. The van der Waals surface area contributed by atoms with E-state index in [1.54, 1.807) is 6.26 Å². The van der Waals surface area contributed by atoms with Crippen molar-refractivity contribution in [3.05, 3.63) is 54.0 Å². The van der Waals surface area contributed by atoms with Crippen LogP contribution in [0.25, 0.3) is 0 Å². The van der Waals surface area contributed by atoms with Crippen molar-refractivity contribution in [1.82, 2.24) is 4.90 Å². The standard InChI is InChI=1S/C19H21N3O2/c1-14-10-12-22(20-14)16-8-6-15(7-9-16)19(23)21-11-2-4-17(21)18-5-3-13-24-18/h3,5-9,13,17H,2,4,10-12H2,1H3. The molecule has 5 heteroatoms. The highest BCUT2D eigenvalue weighted by Crippen LogP contribution is 2.33. The summed E-state index contributed by atoms with van der Waals surface area (Å²) in [6, 6.07) is 11.6. The van der Waals surface area contributed by atoms with Crippen molar-refractivity contribution < 1.29 is 9.21 Å². The van der Waals surface area contributed by atoms with E-state index in [4.69, 9.17) is 4.42 Å². The maximum absolute atomic E-state index is 12.9. The molecule has 1 fully saturated rings. The van der Waals surface area contributed by atoms with Gasteiger partial charge in [-0.25, -0.2) is 0 Å². The second-order valence-corrected chi connectivity index (χ2v) is 6.43. The van der Waals surface area contributed by atoms with Crippen LogP contribution in [-0.4, -0.2) is 29.6 Å². The van der Waals surface area contributed by atoms with E-state index in [9.17, 15) is 4.79 Å². The number of carbonyl (C=O) groups is 1. The molecular formula is C19H21N3O2. The summed E-state index contributed by atoms with van der Waals surface area (Å²) in [5.74, 6) is 0.945. The van der Waals surface area contributed by atoms with Crippen molar-refractivity contribution in [2.75, 3.05) is 18.1 Å². The molecule has 0 radical (unpaired) electrons. The summed E-state index contributed by atoms with van der Waals surface area (Å²) in [6.45, 7) is 3.73. The number of anilines is 1. The van der Waals surface area contributed by atoms with Crippen LogP contribution in [0.1, 0.15) is 48.3 Å². The van der Waals surface area contributed by atoms with Gasteiger partial charge in [0.1, 0.15) is 5.76 Å². The third-order valence-electron chi connectivity index (χ3n) is 4.77. The first-order valence-corrected chi connectivity index (χ1v) is 8.48. The van der Waals surface area contributed by atoms with E-state index in [0.717, 1.165) is 55.1 Å². The van der Waals surface area contributed by atoms with Crippen LogP contribution in [0.5, 0.6) is 0 Å². The smallest absolute Gasteiger partial charge is 0.254 e. The number of carbonyl (C=O) groups excluding carboxylic acids is 1. The molecule has 0 bridgehead atoms. The van der Waals surface area contributed by atoms with Crippen LogP contribution in [0.15, 0.2) is 52.2 Å². The van der Waals surface area contributed by atoms with Gasteiger partial charge in [-0.3, -0.25) is 9.80 Å². The summed E-state index contributed by atoms with van der Waals surface area (Å²) in [6.07, 6.45) is 4.64. The Hall–Kier alpha value is -2.56. The van der Waals surface area contributed by atoms with E-state index in [2.05, 4.69) is 5.10 Å². The van der Waals surface area contributed by atoms with Gasteiger partial charge in [0, 0.05) is 30.8 Å². The first-order chi connectivity index (χ1) is 11.7. The lowest BCUT2D eigenvalue weighted by molar-refractivity contribution is 0.0720. The highest BCUT2D eigenvalue weighted by atomic mass is 16.3. The molecule has 5 nitrogen and oxygen atoms in total. The molecule has 0 saturated carbocycles. The van der Waals surface area contributed by atoms with Crippen LogP contribution < -0.4 is 5.01 Å². The van der Waals surface area contributed by atoms with Gasteiger partial charge in [-0.05, 0) is 56.2 Å². The Labute approximate surface area is 141 Å². The lowest BCUT2D eigenvalue weighted by atomic mass is 10.1. The number of hydrazone groups is 1. The molecule has 0 aliphatic carbocycles. The Bertz CT molecular complexity index is 749. The van der Waals surface area contributed by atoms with Crippen LogP contribution >= 0.6 is 0 Å². The zero-order chi connectivity index (χ0) is 16.5. The SMILES string of the molecule is CC1=NN(c2ccc(C(=O)N3CCCC3c3ccco3)cc2)CC1. The minimum atomic E-state index is 0.0537. The van der Waals surface area contributed by atoms with Crippen LogP contribution in [0.2, 0.25) is 0 Å². The number of rotatable bonds is 3. The van der Waals surface area contributed by atoms with Gasteiger partial charge >= 0.3 is 0 Å². The number of benzene rings is 1. The van der Waals surface area contributed by atoms with Gasteiger partial charge in [0.15, 0.2) is 0 Å². The number of hydrogen-bond donors (Lipinski definition) is 0. The largest absolute Gasteiger partial charge is 0.467 e. The van der Waals surface area contributed by atoms with Crippen molar-refractivity contribution in [3.63, 3.8) is 0 Å². The number of amides is 1. The lowest BCUT2D eigenvalue weighted by Crippen LogP contribution is -2.30. The Balaban J connectivity index is 1.52. The maximum atomic E-state index is 12.9. The summed E-state index contributed by atoms with van der Waals surface area (Å²) < 4.78 is 5.52. The zero-order valence-electron chi connectivity index (χ0n) is 13.8. The van der Waals surface area contributed by atoms with Crippen LogP contribution in [0.3, 0.4) is 0 Å². The van der Waals surface area contributed by atoms with Crippen LogP contribution in [-0.2, 0) is 0 Å². The molecule has 2 aliphatic heterocycles. The van der Waals surface area contributed by atoms with Gasteiger partial charge in [-0.2, -0.15) is 5.10 Å². The second kappa shape index (κ2) is 6.15. The predicted octanol–water partition coefficient (Wildman–Crippen LogP) is 3.84. The van der Waals surface area contributed by atoms with Crippen LogP contribution in [0.4, 0.5) is 5.69 Å². The molecule has 2 aromatic rings. The molecule has 1 unspecified atom stereocenters. The Morgan fingerprint density at radius 3 is 2.71 bits per heavy atom. The molecule has 1 amide bonds. The third-order valence-corrected chi connectivity index (χ3v) is 4.77. The second-order valence-electron chi connectivity index (χ2n) is 6.43. The summed E-state index contributed by atoms with van der Waals surface area (Å²) in [5.41, 5.74) is 2.90. The molecule has 2 aliphatic rings. The van der Waals surface area contributed by atoms with E-state index in [0.29, 0.717) is 0 Å². The normalized spacial score (nSPS) is 20.5. The van der Waals surface area contributed by atoms with E-state index >= 15 is 0 Å². The highest BCUT2D eigenvalue weighted by molar-refractivity contribution is 5.95. The number of likely N-dealkylation sites (tertiary alicyclic amines) is 1. The van der Waals surface area contributed by atoms with Crippen molar-refractivity contribution in [1.29, 1.82) is 0 Å². The molecule has 0 N–H and O–H groups in total. The van der Waals surface area contributed by atoms with Gasteiger partial charge in [0.05, 0.1) is 18.0 Å². The monoisotopic (exact) mass is 323 g/mol. The molecule has 0 spiro atoms. The molecule has 124 valence electrons. The van der Waals surface area contributed by atoms with E-state index in [-0.39, 0.29) is 11.9 Å². The molecule has 24 heavy (non-hydrogen) atoms. The number of nitrogens with zero attached hydrogens (tertiary/aromatic N) is 3. The minimum Gasteiger partial charge on any atom is -0.467 e. The van der Waals surface area contributed by atoms with E-state index in [1.165, 1.54) is 0 Å². The van der Waals surface area contributed by atoms with Gasteiger partial charge in [-0.15, -0.1) is 0 Å². The fourth-order valence-corrected chi connectivity index (χ4v) is 3.49. The average Bonchev–Trinajstić information content (AvgIpc) is 3.35. The molecule has 1 aromatic heterocycles. The molecular weight excluding hydrogens is 302 g/mol. The third kappa shape index (κ3) is 2.70. The molecule has 3 heterocycles. The summed E-state index contributed by atoms with van der Waals surface area (Å²) in [5, 5.41) is 6.49. The van der Waals surface area contributed by atoms with Gasteiger partial charge in [0.2, 0.25) is 0 Å².